The molecule has 0 heterocycles. The van der Waals surface area contributed by atoms with Crippen molar-refractivity contribution >= 4 is 11.9 Å². The van der Waals surface area contributed by atoms with E-state index in [4.69, 9.17) is 0 Å². The van der Waals surface area contributed by atoms with Crippen molar-refractivity contribution in [1.29, 1.82) is 0 Å². The Morgan fingerprint density at radius 2 is 1.13 bits per heavy atom. The van der Waals surface area contributed by atoms with Gasteiger partial charge in [-0.05, 0) is 25.7 Å². The molecule has 2 fully saturated rings. The van der Waals surface area contributed by atoms with Crippen molar-refractivity contribution in [1.82, 2.24) is 10.2 Å². The number of nitrogens with zero attached hydrogens (tertiary/aromatic N) is 1. The molecule has 0 atom stereocenters. The number of amides is 3. The van der Waals surface area contributed by atoms with Crippen LogP contribution in [0.1, 0.15) is 64.2 Å². The van der Waals surface area contributed by atoms with Crippen LogP contribution in [0.25, 0.3) is 0 Å². The third-order valence-corrected chi connectivity index (χ3v) is 5.72. The summed E-state index contributed by atoms with van der Waals surface area (Å²) in [5, 5.41) is 2.27. The summed E-state index contributed by atoms with van der Waals surface area (Å²) in [5.41, 5.74) is 0. The number of hydrogen-bond acceptors (Lipinski definition) is 2. The molecule has 31 heavy (non-hydrogen) atoms. The lowest BCUT2D eigenvalue weighted by atomic mass is 9.92. The fraction of sp³-hybridized carbons (Fsp3) is 0.889. The minimum absolute atomic E-state index is 0.0544. The molecule has 0 spiro atoms. The van der Waals surface area contributed by atoms with E-state index in [0.29, 0.717) is 44.9 Å². The van der Waals surface area contributed by atoms with Crippen LogP contribution in [-0.2, 0) is 4.79 Å². The highest BCUT2D eigenvalue weighted by Gasteiger charge is 2.84. The van der Waals surface area contributed by atoms with Crippen LogP contribution >= 0.6 is 0 Å². The molecule has 0 aromatic heterocycles. The fourth-order valence-electron chi connectivity index (χ4n) is 3.91. The van der Waals surface area contributed by atoms with Crippen LogP contribution in [0.5, 0.6) is 0 Å². The predicted octanol–water partition coefficient (Wildman–Crippen LogP) is 5.66. The van der Waals surface area contributed by atoms with Crippen LogP contribution in [0.15, 0.2) is 0 Å². The van der Waals surface area contributed by atoms with Gasteiger partial charge in [0.15, 0.2) is 0 Å². The highest BCUT2D eigenvalue weighted by Crippen LogP contribution is 2.53. The van der Waals surface area contributed by atoms with Gasteiger partial charge in [-0.2, -0.15) is 39.5 Å². The van der Waals surface area contributed by atoms with Crippen LogP contribution in [0.4, 0.5) is 44.3 Å². The molecule has 180 valence electrons. The Labute approximate surface area is 172 Å². The average Bonchev–Trinajstić information content (AvgIpc) is 2.68. The monoisotopic (exact) mass is 470 g/mol. The number of rotatable bonds is 5. The van der Waals surface area contributed by atoms with Crippen molar-refractivity contribution < 1.29 is 49.1 Å². The number of imide groups is 1. The van der Waals surface area contributed by atoms with Crippen molar-refractivity contribution in [2.75, 3.05) is 0 Å². The van der Waals surface area contributed by atoms with Gasteiger partial charge in [0, 0.05) is 12.1 Å². The van der Waals surface area contributed by atoms with Gasteiger partial charge >= 0.3 is 35.9 Å². The maximum absolute atomic E-state index is 14.3. The van der Waals surface area contributed by atoms with E-state index in [0.717, 1.165) is 6.42 Å². The first-order chi connectivity index (χ1) is 14.1. The first kappa shape index (κ1) is 25.6. The van der Waals surface area contributed by atoms with Crippen LogP contribution in [0, 0.1) is 0 Å². The second kappa shape index (κ2) is 9.05. The average molecular weight is 470 g/mol. The molecule has 4 nitrogen and oxygen atoms in total. The Balaban J connectivity index is 2.36. The van der Waals surface area contributed by atoms with Gasteiger partial charge < -0.3 is 5.32 Å². The van der Waals surface area contributed by atoms with Gasteiger partial charge in [0.05, 0.1) is 0 Å². The third-order valence-electron chi connectivity index (χ3n) is 5.72. The van der Waals surface area contributed by atoms with E-state index in [2.05, 4.69) is 5.32 Å². The molecule has 0 bridgehead atoms. The van der Waals surface area contributed by atoms with E-state index in [1.165, 1.54) is 0 Å². The van der Waals surface area contributed by atoms with E-state index >= 15 is 0 Å². The van der Waals surface area contributed by atoms with Crippen molar-refractivity contribution in [2.24, 2.45) is 0 Å². The molecule has 0 aliphatic heterocycles. The SMILES string of the molecule is O=C(NC1CCCCC1)N(C(=O)C(F)(F)C(F)(F)C(F)(F)C(F)(F)F)C1CCCCC1. The second-order valence-corrected chi connectivity index (χ2v) is 7.97. The lowest BCUT2D eigenvalue weighted by Crippen LogP contribution is -2.68. The molecule has 1 N–H and O–H groups in total. The molecule has 2 saturated carbocycles. The van der Waals surface area contributed by atoms with Crippen molar-refractivity contribution in [3.05, 3.63) is 0 Å². The summed E-state index contributed by atoms with van der Waals surface area (Å²) in [6.45, 7) is 0. The molecule has 0 radical (unpaired) electrons. The summed E-state index contributed by atoms with van der Waals surface area (Å²) in [7, 11) is 0. The number of carbonyl (C=O) groups excluding carboxylic acids is 2. The first-order valence-electron chi connectivity index (χ1n) is 9.99. The molecule has 0 aromatic rings. The summed E-state index contributed by atoms with van der Waals surface area (Å²) in [5.74, 6) is -23.8. The number of urea groups is 1. The summed E-state index contributed by atoms with van der Waals surface area (Å²) in [6.07, 6.45) is -2.83. The Morgan fingerprint density at radius 1 is 0.677 bits per heavy atom. The number of nitrogens with one attached hydrogen (secondary N) is 1. The van der Waals surface area contributed by atoms with Gasteiger partial charge in [-0.3, -0.25) is 9.69 Å². The van der Waals surface area contributed by atoms with Crippen molar-refractivity contribution in [3.8, 4) is 0 Å². The Hall–Kier alpha value is -1.69. The smallest absolute Gasteiger partial charge is 0.335 e. The summed E-state index contributed by atoms with van der Waals surface area (Å²) >= 11 is 0. The molecular weight excluding hydrogens is 447 g/mol. The zero-order valence-electron chi connectivity index (χ0n) is 16.4. The standard InChI is InChI=1S/C18H23F9N2O2/c19-15(20,16(21,22)17(23,24)18(25,26)27)13(30)29(12-9-5-2-6-10-12)14(31)28-11-7-3-1-4-8-11/h11-12H,1-10H2,(H,28,31). The van der Waals surface area contributed by atoms with Crippen molar-refractivity contribution in [3.63, 3.8) is 0 Å². The highest BCUT2D eigenvalue weighted by molar-refractivity contribution is 5.99. The van der Waals surface area contributed by atoms with E-state index in [9.17, 15) is 49.1 Å². The van der Waals surface area contributed by atoms with E-state index in [1.807, 2.05) is 0 Å². The Bertz CT molecular complexity index is 655. The molecule has 2 rings (SSSR count). The minimum atomic E-state index is -7.20. The van der Waals surface area contributed by atoms with Gasteiger partial charge in [0.2, 0.25) is 0 Å². The summed E-state index contributed by atoms with van der Waals surface area (Å²) < 4.78 is 120. The molecule has 3 amide bonds. The maximum Gasteiger partial charge on any atom is 0.460 e. The van der Waals surface area contributed by atoms with Gasteiger partial charge in [-0.15, -0.1) is 0 Å². The number of hydrogen-bond donors (Lipinski definition) is 1. The van der Waals surface area contributed by atoms with Gasteiger partial charge in [0.25, 0.3) is 0 Å². The van der Waals surface area contributed by atoms with Crippen LogP contribution in [0.2, 0.25) is 0 Å². The van der Waals surface area contributed by atoms with Gasteiger partial charge in [0.1, 0.15) is 0 Å². The molecule has 2 aliphatic rings. The quantitative estimate of drug-likeness (QED) is 0.528. The van der Waals surface area contributed by atoms with Crippen molar-refractivity contribution in [2.45, 2.75) is 100 Å². The summed E-state index contributed by atoms with van der Waals surface area (Å²) in [4.78, 5) is 24.6. The van der Waals surface area contributed by atoms with Crippen LogP contribution in [-0.4, -0.2) is 52.9 Å². The molecule has 13 heteroatoms. The van der Waals surface area contributed by atoms with Gasteiger partial charge in [-0.1, -0.05) is 38.5 Å². The predicted molar refractivity (Wildman–Crippen MR) is 90.0 cm³/mol. The van der Waals surface area contributed by atoms with Gasteiger partial charge in [-0.25, -0.2) is 4.79 Å². The van der Waals surface area contributed by atoms with E-state index < -0.39 is 48.0 Å². The van der Waals surface area contributed by atoms with E-state index in [1.54, 1.807) is 0 Å². The zero-order valence-corrected chi connectivity index (χ0v) is 16.4. The Morgan fingerprint density at radius 3 is 1.58 bits per heavy atom. The summed E-state index contributed by atoms with van der Waals surface area (Å²) in [6, 6.07) is -3.36. The second-order valence-electron chi connectivity index (χ2n) is 7.97. The lowest BCUT2D eigenvalue weighted by Gasteiger charge is -2.39. The topological polar surface area (TPSA) is 49.4 Å². The number of halogens is 9. The fourth-order valence-corrected chi connectivity index (χ4v) is 3.91. The minimum Gasteiger partial charge on any atom is -0.335 e. The normalized spacial score (nSPS) is 20.4. The zero-order chi connectivity index (χ0) is 23.7. The van der Waals surface area contributed by atoms with Crippen LogP contribution in [0.3, 0.4) is 0 Å². The number of carbonyl (C=O) groups is 2. The lowest BCUT2D eigenvalue weighted by molar-refractivity contribution is -0.389. The molecule has 2 aliphatic carbocycles. The maximum atomic E-state index is 14.3. The van der Waals surface area contributed by atoms with Crippen LogP contribution < -0.4 is 5.32 Å². The molecular formula is C18H23F9N2O2. The first-order valence-corrected chi connectivity index (χ1v) is 9.99. The third kappa shape index (κ3) is 4.89. The molecule has 0 unspecified atom stereocenters. The largest absolute Gasteiger partial charge is 0.460 e. The molecule has 0 saturated heterocycles. The van der Waals surface area contributed by atoms with E-state index in [-0.39, 0.29) is 17.7 Å². The number of alkyl halides is 9. The molecule has 0 aromatic carbocycles. The Kier molecular flexibility index (Phi) is 7.46. The highest BCUT2D eigenvalue weighted by atomic mass is 19.4.